The molecule has 0 saturated carbocycles. The molecule has 0 fully saturated rings. The molecule has 0 atom stereocenters. The fourth-order valence-electron chi connectivity index (χ4n) is 2.52. The smallest absolute Gasteiger partial charge is 0.456 e. The summed E-state index contributed by atoms with van der Waals surface area (Å²) in [5.41, 5.74) is 0.0628. The minimum absolute atomic E-state index is 0.00202. The highest BCUT2D eigenvalue weighted by Gasteiger charge is 2.58. The summed E-state index contributed by atoms with van der Waals surface area (Å²) in [5, 5.41) is 0. The molecule has 6 nitrogen and oxygen atoms in total. The zero-order valence-corrected chi connectivity index (χ0v) is 17.5. The zero-order chi connectivity index (χ0) is 22.3. The first kappa shape index (κ1) is 22.4. The number of nitrogens with zero attached hydrogens (tertiary/aromatic N) is 3. The molecule has 3 aromatic rings. The molecule has 162 valence electrons. The van der Waals surface area contributed by atoms with Crippen LogP contribution in [0.1, 0.15) is 6.92 Å². The second-order valence-electron chi connectivity index (χ2n) is 6.10. The van der Waals surface area contributed by atoms with Crippen molar-refractivity contribution in [1.82, 2.24) is 14.4 Å². The van der Waals surface area contributed by atoms with Gasteiger partial charge in [0.2, 0.25) is 0 Å². The molecule has 0 radical (unpaired) electrons. The van der Waals surface area contributed by atoms with Crippen LogP contribution >= 0.6 is 15.9 Å². The van der Waals surface area contributed by atoms with Gasteiger partial charge in [0.1, 0.15) is 17.0 Å². The number of pyridine rings is 2. The van der Waals surface area contributed by atoms with Crippen LogP contribution in [0.4, 0.5) is 22.0 Å². The number of alkyl halides is 5. The Hall–Kier alpha value is -2.28. The number of rotatable bonds is 6. The summed E-state index contributed by atoms with van der Waals surface area (Å²) in [6, 6.07) is 3.89. The maximum absolute atomic E-state index is 13.2. The maximum Gasteiger partial charge on any atom is 0.456 e. The second-order valence-corrected chi connectivity index (χ2v) is 9.27. The van der Waals surface area contributed by atoms with Crippen molar-refractivity contribution >= 4 is 31.3 Å². The molecule has 0 aliphatic heterocycles. The highest BCUT2D eigenvalue weighted by molar-refractivity contribution is 9.10. The summed E-state index contributed by atoms with van der Waals surface area (Å²) in [6.45, 7) is -0.459. The lowest BCUT2D eigenvalue weighted by atomic mass is 10.3. The Balaban J connectivity index is 2.08. The van der Waals surface area contributed by atoms with Crippen LogP contribution in [0.5, 0.6) is 5.75 Å². The summed E-state index contributed by atoms with van der Waals surface area (Å²) in [5.74, 6) is -5.48. The summed E-state index contributed by atoms with van der Waals surface area (Å²) in [7, 11) is -3.70. The van der Waals surface area contributed by atoms with E-state index < -0.39 is 28.5 Å². The van der Waals surface area contributed by atoms with Crippen molar-refractivity contribution in [3.05, 3.63) is 41.3 Å². The Labute approximate surface area is 175 Å². The average molecular weight is 514 g/mol. The third kappa shape index (κ3) is 4.13. The Kier molecular flexibility index (Phi) is 5.80. The first-order valence-corrected chi connectivity index (χ1v) is 10.7. The van der Waals surface area contributed by atoms with E-state index in [9.17, 15) is 30.4 Å². The number of halogens is 6. The monoisotopic (exact) mass is 513 g/mol. The Morgan fingerprint density at radius 2 is 1.87 bits per heavy atom. The summed E-state index contributed by atoms with van der Waals surface area (Å²) in [4.78, 5) is 8.09. The van der Waals surface area contributed by atoms with Gasteiger partial charge in [0, 0.05) is 16.9 Å². The molecule has 0 aliphatic rings. The van der Waals surface area contributed by atoms with Gasteiger partial charge >= 0.3 is 12.1 Å². The molecule has 0 N–H and O–H groups in total. The molecule has 3 heterocycles. The fraction of sp³-hybridized carbons (Fsp3) is 0.294. The average Bonchev–Trinajstić information content (AvgIpc) is 3.10. The minimum atomic E-state index is -5.76. The van der Waals surface area contributed by atoms with Crippen LogP contribution in [0.3, 0.4) is 0 Å². The molecular formula is C17H13BrF5N3O3S. The van der Waals surface area contributed by atoms with Gasteiger partial charge in [-0.15, -0.1) is 0 Å². The SMILES string of the molecule is CCS(=O)(=O)c1cc(Br)cnc1-c1ncc2c(OCC(F)(F)C(F)(F)F)cccn12. The van der Waals surface area contributed by atoms with Crippen LogP contribution in [-0.2, 0) is 9.84 Å². The van der Waals surface area contributed by atoms with Crippen molar-refractivity contribution in [2.45, 2.75) is 23.9 Å². The van der Waals surface area contributed by atoms with Crippen LogP contribution < -0.4 is 4.74 Å². The maximum atomic E-state index is 13.2. The van der Waals surface area contributed by atoms with Crippen LogP contribution in [0.25, 0.3) is 17.0 Å². The first-order valence-electron chi connectivity index (χ1n) is 8.29. The Morgan fingerprint density at radius 1 is 1.17 bits per heavy atom. The number of fused-ring (bicyclic) bond motifs is 1. The van der Waals surface area contributed by atoms with E-state index in [0.29, 0.717) is 4.47 Å². The second kappa shape index (κ2) is 7.76. The predicted octanol–water partition coefficient (Wildman–Crippen LogP) is 4.53. The van der Waals surface area contributed by atoms with Crippen LogP contribution in [-0.4, -0.2) is 47.2 Å². The van der Waals surface area contributed by atoms with Crippen molar-refractivity contribution < 1.29 is 35.1 Å². The van der Waals surface area contributed by atoms with Crippen LogP contribution in [0.15, 0.2) is 46.2 Å². The molecular weight excluding hydrogens is 501 g/mol. The molecule has 0 unspecified atom stereocenters. The van der Waals surface area contributed by atoms with Crippen molar-refractivity contribution in [1.29, 1.82) is 0 Å². The standard InChI is InChI=1S/C17H13BrF5N3O3S/c1-2-30(27,28)13-6-10(18)7-24-14(13)15-25-8-11-12(4-3-5-26(11)15)29-9-16(19,20)17(21,22)23/h3-8H,2,9H2,1H3. The number of imidazole rings is 1. The largest absolute Gasteiger partial charge is 0.485 e. The molecule has 0 aromatic carbocycles. The van der Waals surface area contributed by atoms with Crippen LogP contribution in [0, 0.1) is 0 Å². The van der Waals surface area contributed by atoms with Gasteiger partial charge < -0.3 is 4.74 Å². The van der Waals surface area contributed by atoms with Gasteiger partial charge in [0.25, 0.3) is 0 Å². The van der Waals surface area contributed by atoms with E-state index in [1.54, 1.807) is 0 Å². The number of hydrogen-bond acceptors (Lipinski definition) is 5. The highest BCUT2D eigenvalue weighted by Crippen LogP contribution is 2.37. The molecule has 0 amide bonds. The van der Waals surface area contributed by atoms with E-state index >= 15 is 0 Å². The van der Waals surface area contributed by atoms with Gasteiger partial charge in [-0.25, -0.2) is 13.4 Å². The van der Waals surface area contributed by atoms with E-state index in [1.807, 2.05) is 0 Å². The van der Waals surface area contributed by atoms with Gasteiger partial charge in [-0.1, -0.05) is 6.92 Å². The Bertz CT molecular complexity index is 1200. The van der Waals surface area contributed by atoms with E-state index in [0.717, 1.165) is 0 Å². The topological polar surface area (TPSA) is 73.6 Å². The lowest BCUT2D eigenvalue weighted by Gasteiger charge is -2.20. The number of hydrogen-bond donors (Lipinski definition) is 0. The van der Waals surface area contributed by atoms with E-state index in [4.69, 9.17) is 4.74 Å². The zero-order valence-electron chi connectivity index (χ0n) is 15.1. The molecule has 0 spiro atoms. The van der Waals surface area contributed by atoms with Gasteiger partial charge in [-0.05, 0) is 34.1 Å². The Morgan fingerprint density at radius 3 is 2.50 bits per heavy atom. The summed E-state index contributed by atoms with van der Waals surface area (Å²) >= 11 is 3.16. The molecule has 30 heavy (non-hydrogen) atoms. The molecule has 13 heteroatoms. The van der Waals surface area contributed by atoms with Crippen molar-refractivity contribution in [3.8, 4) is 17.3 Å². The third-order valence-corrected chi connectivity index (χ3v) is 6.28. The lowest BCUT2D eigenvalue weighted by Crippen LogP contribution is -2.41. The quantitative estimate of drug-likeness (QED) is 0.453. The molecule has 0 saturated heterocycles. The predicted molar refractivity (Wildman–Crippen MR) is 100 cm³/mol. The summed E-state index contributed by atoms with van der Waals surface area (Å²) in [6.07, 6.45) is -1.80. The third-order valence-electron chi connectivity index (χ3n) is 4.10. The molecule has 3 aromatic heterocycles. The van der Waals surface area contributed by atoms with Gasteiger partial charge in [-0.3, -0.25) is 9.38 Å². The van der Waals surface area contributed by atoms with Gasteiger partial charge in [0.15, 0.2) is 22.3 Å². The number of ether oxygens (including phenoxy) is 1. The number of aromatic nitrogens is 3. The molecule has 0 bridgehead atoms. The van der Waals surface area contributed by atoms with Gasteiger partial charge in [0.05, 0.1) is 16.8 Å². The number of sulfone groups is 1. The lowest BCUT2D eigenvalue weighted by molar-refractivity contribution is -0.289. The molecule has 0 aliphatic carbocycles. The summed E-state index contributed by atoms with van der Waals surface area (Å²) < 4.78 is 94.9. The fourth-order valence-corrected chi connectivity index (χ4v) is 4.06. The van der Waals surface area contributed by atoms with E-state index in [1.165, 1.54) is 48.1 Å². The van der Waals surface area contributed by atoms with Crippen LogP contribution in [0.2, 0.25) is 0 Å². The minimum Gasteiger partial charge on any atom is -0.485 e. The van der Waals surface area contributed by atoms with Crippen molar-refractivity contribution in [3.63, 3.8) is 0 Å². The van der Waals surface area contributed by atoms with Crippen molar-refractivity contribution in [2.75, 3.05) is 12.4 Å². The first-order chi connectivity index (χ1) is 13.9. The van der Waals surface area contributed by atoms with E-state index in [2.05, 4.69) is 25.9 Å². The van der Waals surface area contributed by atoms with Crippen molar-refractivity contribution in [2.24, 2.45) is 0 Å². The normalized spacial score (nSPS) is 13.0. The molecule has 3 rings (SSSR count). The highest BCUT2D eigenvalue weighted by atomic mass is 79.9. The van der Waals surface area contributed by atoms with Gasteiger partial charge in [-0.2, -0.15) is 22.0 Å². The van der Waals surface area contributed by atoms with E-state index in [-0.39, 0.29) is 33.4 Å².